The zero-order valence-electron chi connectivity index (χ0n) is 17.1. The maximum atomic E-state index is 12.7. The molecule has 8 nitrogen and oxygen atoms in total. The Hall–Kier alpha value is -3.94. The average molecular weight is 421 g/mol. The molecule has 2 aromatic carbocycles. The molecule has 1 heterocycles. The summed E-state index contributed by atoms with van der Waals surface area (Å²) in [5.41, 5.74) is 1.29. The quantitative estimate of drug-likeness (QED) is 0.390. The number of pyridine rings is 1. The van der Waals surface area contributed by atoms with Crippen LogP contribution in [0.1, 0.15) is 18.1 Å². The van der Waals surface area contributed by atoms with Gasteiger partial charge in [-0.1, -0.05) is 42.5 Å². The summed E-state index contributed by atoms with van der Waals surface area (Å²) in [6.07, 6.45) is 1.09. The number of rotatable bonds is 9. The van der Waals surface area contributed by atoms with Crippen LogP contribution in [0.5, 0.6) is 5.75 Å². The fourth-order valence-electron chi connectivity index (χ4n) is 3.02. The lowest BCUT2D eigenvalue weighted by atomic mass is 10.2. The van der Waals surface area contributed by atoms with Crippen LogP contribution in [-0.2, 0) is 24.5 Å². The van der Waals surface area contributed by atoms with E-state index in [9.17, 15) is 19.7 Å². The summed E-state index contributed by atoms with van der Waals surface area (Å²) in [5, 5.41) is 10.9. The SMILES string of the molecule is CCN(Cc1ccc(OCc2ccccc2)cc1)C(=O)Cn1cc([N+](=O)[O-])ccc1=O. The fourth-order valence-corrected chi connectivity index (χ4v) is 3.02. The first-order valence-corrected chi connectivity index (χ1v) is 9.84. The highest BCUT2D eigenvalue weighted by Crippen LogP contribution is 2.16. The second-order valence-electron chi connectivity index (χ2n) is 6.94. The monoisotopic (exact) mass is 421 g/mol. The minimum absolute atomic E-state index is 0.235. The molecule has 0 unspecified atom stereocenters. The van der Waals surface area contributed by atoms with Crippen molar-refractivity contribution in [3.05, 3.63) is 105 Å². The van der Waals surface area contributed by atoms with Crippen LogP contribution in [0.25, 0.3) is 0 Å². The van der Waals surface area contributed by atoms with Crippen LogP contribution >= 0.6 is 0 Å². The number of ether oxygens (including phenoxy) is 1. The molecule has 0 aliphatic carbocycles. The Kier molecular flexibility index (Phi) is 7.16. The van der Waals surface area contributed by atoms with Gasteiger partial charge in [0.05, 0.1) is 11.1 Å². The second-order valence-corrected chi connectivity index (χ2v) is 6.94. The summed E-state index contributed by atoms with van der Waals surface area (Å²) in [5.74, 6) is 0.430. The summed E-state index contributed by atoms with van der Waals surface area (Å²) >= 11 is 0. The number of carbonyl (C=O) groups excluding carboxylic acids is 1. The molecule has 160 valence electrons. The zero-order valence-corrected chi connectivity index (χ0v) is 17.1. The minimum atomic E-state index is -0.598. The molecule has 0 saturated heterocycles. The van der Waals surface area contributed by atoms with Crippen LogP contribution < -0.4 is 10.3 Å². The van der Waals surface area contributed by atoms with Gasteiger partial charge in [-0.25, -0.2) is 0 Å². The second kappa shape index (κ2) is 10.2. The van der Waals surface area contributed by atoms with Crippen molar-refractivity contribution in [2.24, 2.45) is 0 Å². The lowest BCUT2D eigenvalue weighted by Gasteiger charge is -2.21. The highest BCUT2D eigenvalue weighted by molar-refractivity contribution is 5.76. The van der Waals surface area contributed by atoms with E-state index >= 15 is 0 Å². The summed E-state index contributed by atoms with van der Waals surface area (Å²) in [6, 6.07) is 19.5. The van der Waals surface area contributed by atoms with Crippen molar-refractivity contribution in [1.82, 2.24) is 9.47 Å². The molecule has 3 aromatic rings. The van der Waals surface area contributed by atoms with Gasteiger partial charge in [0.25, 0.3) is 11.2 Å². The van der Waals surface area contributed by atoms with E-state index in [-0.39, 0.29) is 18.1 Å². The standard InChI is InChI=1S/C23H23N3O5/c1-2-24(23(28)16-25-15-20(26(29)30)10-13-22(25)27)14-18-8-11-21(12-9-18)31-17-19-6-4-3-5-7-19/h3-13,15H,2,14,16-17H2,1H3. The Bertz CT molecular complexity index is 1090. The lowest BCUT2D eigenvalue weighted by Crippen LogP contribution is -2.35. The summed E-state index contributed by atoms with van der Waals surface area (Å²) < 4.78 is 6.83. The van der Waals surface area contributed by atoms with Gasteiger partial charge in [-0.15, -0.1) is 0 Å². The third kappa shape index (κ3) is 6.02. The van der Waals surface area contributed by atoms with Crippen molar-refractivity contribution in [3.63, 3.8) is 0 Å². The number of nitrogens with zero attached hydrogens (tertiary/aromatic N) is 3. The maximum Gasteiger partial charge on any atom is 0.285 e. The van der Waals surface area contributed by atoms with Crippen LogP contribution in [-0.4, -0.2) is 26.8 Å². The number of benzene rings is 2. The van der Waals surface area contributed by atoms with Gasteiger partial charge in [-0.2, -0.15) is 0 Å². The van der Waals surface area contributed by atoms with Gasteiger partial charge in [0.1, 0.15) is 18.9 Å². The molecule has 1 aromatic heterocycles. The highest BCUT2D eigenvalue weighted by atomic mass is 16.6. The Labute approximate surface area is 179 Å². The molecule has 3 rings (SSSR count). The highest BCUT2D eigenvalue weighted by Gasteiger charge is 2.16. The van der Waals surface area contributed by atoms with E-state index in [1.54, 1.807) is 4.90 Å². The number of hydrogen-bond donors (Lipinski definition) is 0. The van der Waals surface area contributed by atoms with Gasteiger partial charge in [0, 0.05) is 25.2 Å². The molecule has 0 N–H and O–H groups in total. The molecule has 0 aliphatic heterocycles. The first kappa shape index (κ1) is 21.8. The van der Waals surface area contributed by atoms with Crippen molar-refractivity contribution in [3.8, 4) is 5.75 Å². The van der Waals surface area contributed by atoms with Crippen LogP contribution in [0, 0.1) is 10.1 Å². The van der Waals surface area contributed by atoms with E-state index in [0.29, 0.717) is 19.7 Å². The Morgan fingerprint density at radius 2 is 1.74 bits per heavy atom. The van der Waals surface area contributed by atoms with Crippen molar-refractivity contribution in [1.29, 1.82) is 0 Å². The molecule has 0 atom stereocenters. The zero-order chi connectivity index (χ0) is 22.2. The van der Waals surface area contributed by atoms with Crippen molar-refractivity contribution >= 4 is 11.6 Å². The van der Waals surface area contributed by atoms with Crippen molar-refractivity contribution < 1.29 is 14.5 Å². The van der Waals surface area contributed by atoms with Crippen LogP contribution in [0.4, 0.5) is 5.69 Å². The average Bonchev–Trinajstić information content (AvgIpc) is 2.78. The van der Waals surface area contributed by atoms with E-state index in [1.165, 1.54) is 0 Å². The van der Waals surface area contributed by atoms with E-state index in [2.05, 4.69) is 0 Å². The Balaban J connectivity index is 1.61. The van der Waals surface area contributed by atoms with Crippen LogP contribution in [0.2, 0.25) is 0 Å². The molecule has 31 heavy (non-hydrogen) atoms. The lowest BCUT2D eigenvalue weighted by molar-refractivity contribution is -0.385. The van der Waals surface area contributed by atoms with E-state index in [4.69, 9.17) is 4.74 Å². The van der Waals surface area contributed by atoms with E-state index < -0.39 is 10.5 Å². The normalized spacial score (nSPS) is 10.5. The first-order chi connectivity index (χ1) is 15.0. The Morgan fingerprint density at radius 3 is 2.39 bits per heavy atom. The molecular weight excluding hydrogens is 398 g/mol. The molecule has 0 radical (unpaired) electrons. The van der Waals surface area contributed by atoms with E-state index in [0.717, 1.165) is 39.8 Å². The fraction of sp³-hybridized carbons (Fsp3) is 0.217. The molecule has 0 saturated carbocycles. The summed E-state index contributed by atoms with van der Waals surface area (Å²) in [6.45, 7) is 2.85. The third-order valence-corrected chi connectivity index (χ3v) is 4.76. The van der Waals surface area contributed by atoms with Gasteiger partial charge >= 0.3 is 0 Å². The van der Waals surface area contributed by atoms with Crippen molar-refractivity contribution in [2.75, 3.05) is 6.54 Å². The molecule has 0 spiro atoms. The molecule has 0 aliphatic rings. The molecular formula is C23H23N3O5. The molecule has 1 amide bonds. The largest absolute Gasteiger partial charge is 0.489 e. The number of hydrogen-bond acceptors (Lipinski definition) is 5. The van der Waals surface area contributed by atoms with Gasteiger partial charge in [0.15, 0.2) is 0 Å². The molecule has 8 heteroatoms. The van der Waals surface area contributed by atoms with Gasteiger partial charge < -0.3 is 9.64 Å². The molecule has 0 bridgehead atoms. The van der Waals surface area contributed by atoms with Gasteiger partial charge in [0.2, 0.25) is 5.91 Å². The predicted molar refractivity (Wildman–Crippen MR) is 116 cm³/mol. The van der Waals surface area contributed by atoms with Gasteiger partial charge in [-0.3, -0.25) is 24.3 Å². The van der Waals surface area contributed by atoms with Crippen LogP contribution in [0.15, 0.2) is 77.7 Å². The van der Waals surface area contributed by atoms with Crippen LogP contribution in [0.3, 0.4) is 0 Å². The molecule has 0 fully saturated rings. The number of nitro groups is 1. The number of likely N-dealkylation sites (N-methyl/N-ethyl adjacent to an activating group) is 1. The summed E-state index contributed by atoms with van der Waals surface area (Å²) in [4.78, 5) is 36.5. The maximum absolute atomic E-state index is 12.7. The number of aromatic nitrogens is 1. The van der Waals surface area contributed by atoms with Crippen molar-refractivity contribution in [2.45, 2.75) is 26.6 Å². The predicted octanol–water partition coefficient (Wildman–Crippen LogP) is 3.38. The number of amides is 1. The summed E-state index contributed by atoms with van der Waals surface area (Å²) in [7, 11) is 0. The first-order valence-electron chi connectivity index (χ1n) is 9.84. The minimum Gasteiger partial charge on any atom is -0.489 e. The van der Waals surface area contributed by atoms with Gasteiger partial charge in [-0.05, 0) is 30.2 Å². The topological polar surface area (TPSA) is 94.7 Å². The Morgan fingerprint density at radius 1 is 1.03 bits per heavy atom. The third-order valence-electron chi connectivity index (χ3n) is 4.76. The van der Waals surface area contributed by atoms with E-state index in [1.807, 2.05) is 61.5 Å². The number of carbonyl (C=O) groups is 1. The smallest absolute Gasteiger partial charge is 0.285 e.